The molecular weight excluding hydrogens is 194 g/mol. The molecule has 1 heterocycles. The van der Waals surface area contributed by atoms with Gasteiger partial charge >= 0.3 is 0 Å². The van der Waals surface area contributed by atoms with Crippen molar-refractivity contribution in [1.82, 2.24) is 10.6 Å². The molecule has 86 valence electrons. The minimum Gasteiger partial charge on any atom is -0.368 e. The topological polar surface area (TPSA) is 84.2 Å². The van der Waals surface area contributed by atoms with Gasteiger partial charge in [-0.2, -0.15) is 0 Å². The molecule has 0 saturated carbocycles. The van der Waals surface area contributed by atoms with E-state index in [-0.39, 0.29) is 23.8 Å². The summed E-state index contributed by atoms with van der Waals surface area (Å²) in [6.45, 7) is 5.50. The number of rotatable bonds is 4. The van der Waals surface area contributed by atoms with Crippen LogP contribution in [-0.2, 0) is 9.59 Å². The summed E-state index contributed by atoms with van der Waals surface area (Å²) >= 11 is 0. The molecule has 4 N–H and O–H groups in total. The van der Waals surface area contributed by atoms with Gasteiger partial charge in [0.25, 0.3) is 0 Å². The van der Waals surface area contributed by atoms with E-state index in [1.165, 1.54) is 0 Å². The van der Waals surface area contributed by atoms with Gasteiger partial charge in [-0.1, -0.05) is 13.8 Å². The van der Waals surface area contributed by atoms with Crippen LogP contribution in [-0.4, -0.2) is 31.4 Å². The van der Waals surface area contributed by atoms with Crippen LogP contribution < -0.4 is 16.4 Å². The molecule has 1 fully saturated rings. The Hall–Kier alpha value is -1.10. The third kappa shape index (κ3) is 2.47. The Kier molecular flexibility index (Phi) is 3.68. The fraction of sp³-hybridized carbons (Fsp3) is 0.800. The van der Waals surface area contributed by atoms with Crippen molar-refractivity contribution in [2.45, 2.75) is 20.3 Å². The first-order valence-electron chi connectivity index (χ1n) is 5.26. The number of amides is 2. The van der Waals surface area contributed by atoms with Gasteiger partial charge in [0.15, 0.2) is 0 Å². The van der Waals surface area contributed by atoms with Crippen molar-refractivity contribution in [2.75, 3.05) is 19.6 Å². The van der Waals surface area contributed by atoms with E-state index in [1.54, 1.807) is 0 Å². The lowest BCUT2D eigenvalue weighted by atomic mass is 9.75. The molecule has 0 spiro atoms. The second-order valence-corrected chi connectivity index (χ2v) is 4.39. The Balaban J connectivity index is 2.64. The van der Waals surface area contributed by atoms with Crippen LogP contribution in [0.25, 0.3) is 0 Å². The summed E-state index contributed by atoms with van der Waals surface area (Å²) in [7, 11) is 0. The highest BCUT2D eigenvalue weighted by molar-refractivity contribution is 5.87. The monoisotopic (exact) mass is 213 g/mol. The highest BCUT2D eigenvalue weighted by Gasteiger charge is 2.43. The molecular formula is C10H19N3O2. The maximum Gasteiger partial charge on any atom is 0.236 e. The standard InChI is InChI=1S/C10H19N3O2/c1-7(2)10(3-4-12-6-10)9(15)13-5-8(11)14/h7,12H,3-6H2,1-2H3,(H2,11,14)(H,13,15). The first kappa shape index (κ1) is 12.0. The average molecular weight is 213 g/mol. The van der Waals surface area contributed by atoms with Gasteiger partial charge in [-0.25, -0.2) is 0 Å². The molecule has 1 rings (SSSR count). The molecule has 1 unspecified atom stereocenters. The molecule has 5 heteroatoms. The molecule has 1 atom stereocenters. The van der Waals surface area contributed by atoms with Gasteiger partial charge in [0.1, 0.15) is 0 Å². The molecule has 0 aromatic carbocycles. The fourth-order valence-corrected chi connectivity index (χ4v) is 2.00. The van der Waals surface area contributed by atoms with Gasteiger partial charge < -0.3 is 16.4 Å². The Morgan fingerprint density at radius 1 is 1.53 bits per heavy atom. The normalized spacial score (nSPS) is 25.5. The highest BCUT2D eigenvalue weighted by Crippen LogP contribution is 2.34. The van der Waals surface area contributed by atoms with E-state index < -0.39 is 5.91 Å². The summed E-state index contributed by atoms with van der Waals surface area (Å²) in [5.74, 6) is -0.324. The van der Waals surface area contributed by atoms with Crippen molar-refractivity contribution >= 4 is 11.8 Å². The van der Waals surface area contributed by atoms with Crippen molar-refractivity contribution < 1.29 is 9.59 Å². The lowest BCUT2D eigenvalue weighted by molar-refractivity contribution is -0.134. The van der Waals surface area contributed by atoms with E-state index in [1.807, 2.05) is 13.8 Å². The van der Waals surface area contributed by atoms with Crippen molar-refractivity contribution in [1.29, 1.82) is 0 Å². The zero-order valence-electron chi connectivity index (χ0n) is 9.30. The van der Waals surface area contributed by atoms with Crippen molar-refractivity contribution in [3.8, 4) is 0 Å². The van der Waals surface area contributed by atoms with Crippen molar-refractivity contribution in [3.63, 3.8) is 0 Å². The maximum absolute atomic E-state index is 12.0. The van der Waals surface area contributed by atoms with E-state index in [0.717, 1.165) is 13.0 Å². The largest absolute Gasteiger partial charge is 0.368 e. The van der Waals surface area contributed by atoms with Crippen LogP contribution in [0.5, 0.6) is 0 Å². The van der Waals surface area contributed by atoms with E-state index in [0.29, 0.717) is 6.54 Å². The van der Waals surface area contributed by atoms with Gasteiger partial charge in [0.05, 0.1) is 12.0 Å². The first-order valence-corrected chi connectivity index (χ1v) is 5.26. The number of carbonyl (C=O) groups is 2. The van der Waals surface area contributed by atoms with Gasteiger partial charge in [-0.15, -0.1) is 0 Å². The quantitative estimate of drug-likeness (QED) is 0.573. The van der Waals surface area contributed by atoms with Crippen molar-refractivity contribution in [2.24, 2.45) is 17.1 Å². The minimum atomic E-state index is -0.506. The van der Waals surface area contributed by atoms with Crippen LogP contribution in [0.4, 0.5) is 0 Å². The van der Waals surface area contributed by atoms with Crippen LogP contribution >= 0.6 is 0 Å². The molecule has 1 aliphatic rings. The highest BCUT2D eigenvalue weighted by atomic mass is 16.2. The molecule has 2 amide bonds. The second-order valence-electron chi connectivity index (χ2n) is 4.39. The van der Waals surface area contributed by atoms with Crippen LogP contribution in [0, 0.1) is 11.3 Å². The Bertz CT molecular complexity index is 257. The summed E-state index contributed by atoms with van der Waals surface area (Å²) in [6, 6.07) is 0. The first-order chi connectivity index (χ1) is 6.99. The average Bonchev–Trinajstić information content (AvgIpc) is 2.63. The third-order valence-corrected chi connectivity index (χ3v) is 3.17. The van der Waals surface area contributed by atoms with Crippen LogP contribution in [0.15, 0.2) is 0 Å². The SMILES string of the molecule is CC(C)C1(C(=O)NCC(N)=O)CCNC1. The van der Waals surface area contributed by atoms with E-state index in [9.17, 15) is 9.59 Å². The third-order valence-electron chi connectivity index (χ3n) is 3.17. The smallest absolute Gasteiger partial charge is 0.236 e. The lowest BCUT2D eigenvalue weighted by Gasteiger charge is -2.30. The fourth-order valence-electron chi connectivity index (χ4n) is 2.00. The Morgan fingerprint density at radius 2 is 2.20 bits per heavy atom. The molecule has 0 bridgehead atoms. The molecule has 0 radical (unpaired) electrons. The van der Waals surface area contributed by atoms with E-state index in [2.05, 4.69) is 10.6 Å². The predicted octanol–water partition coefficient (Wildman–Crippen LogP) is -0.776. The summed E-state index contributed by atoms with van der Waals surface area (Å²) in [5, 5.41) is 5.78. The summed E-state index contributed by atoms with van der Waals surface area (Å²) in [5.41, 5.74) is 4.61. The lowest BCUT2D eigenvalue weighted by Crippen LogP contribution is -2.48. The van der Waals surface area contributed by atoms with Crippen LogP contribution in [0.3, 0.4) is 0 Å². The Morgan fingerprint density at radius 3 is 2.60 bits per heavy atom. The number of carbonyl (C=O) groups excluding carboxylic acids is 2. The summed E-state index contributed by atoms with van der Waals surface area (Å²) in [6.07, 6.45) is 0.815. The molecule has 0 aromatic heterocycles. The van der Waals surface area contributed by atoms with Crippen molar-refractivity contribution in [3.05, 3.63) is 0 Å². The van der Waals surface area contributed by atoms with Gasteiger partial charge in [0.2, 0.25) is 11.8 Å². The maximum atomic E-state index is 12.0. The molecule has 0 aliphatic carbocycles. The molecule has 15 heavy (non-hydrogen) atoms. The molecule has 1 saturated heterocycles. The molecule has 5 nitrogen and oxygen atoms in total. The summed E-state index contributed by atoms with van der Waals surface area (Å²) in [4.78, 5) is 22.5. The molecule has 1 aliphatic heterocycles. The Labute approximate surface area is 89.8 Å². The van der Waals surface area contributed by atoms with E-state index in [4.69, 9.17) is 5.73 Å². The van der Waals surface area contributed by atoms with Crippen LogP contribution in [0.2, 0.25) is 0 Å². The van der Waals surface area contributed by atoms with Crippen LogP contribution in [0.1, 0.15) is 20.3 Å². The predicted molar refractivity (Wildman–Crippen MR) is 57.0 cm³/mol. The van der Waals surface area contributed by atoms with Gasteiger partial charge in [0, 0.05) is 6.54 Å². The zero-order valence-corrected chi connectivity index (χ0v) is 9.30. The summed E-state index contributed by atoms with van der Waals surface area (Å²) < 4.78 is 0. The van der Waals surface area contributed by atoms with Gasteiger partial charge in [-0.3, -0.25) is 9.59 Å². The minimum absolute atomic E-state index is 0.0682. The number of nitrogens with two attached hydrogens (primary N) is 1. The van der Waals surface area contributed by atoms with E-state index >= 15 is 0 Å². The number of primary amides is 1. The number of nitrogens with one attached hydrogen (secondary N) is 2. The number of hydrogen-bond acceptors (Lipinski definition) is 3. The second kappa shape index (κ2) is 4.61. The zero-order chi connectivity index (χ0) is 11.5. The number of hydrogen-bond donors (Lipinski definition) is 3. The van der Waals surface area contributed by atoms with Gasteiger partial charge in [-0.05, 0) is 18.9 Å². The molecule has 0 aromatic rings.